The maximum atomic E-state index is 12.6. The van der Waals surface area contributed by atoms with Gasteiger partial charge in [0.1, 0.15) is 0 Å². The third-order valence-electron chi connectivity index (χ3n) is 3.98. The molecule has 1 saturated heterocycles. The quantitative estimate of drug-likeness (QED) is 0.890. The number of aryl methyl sites for hydroxylation is 2. The highest BCUT2D eigenvalue weighted by Crippen LogP contribution is 2.25. The topological polar surface area (TPSA) is 64.2 Å². The van der Waals surface area contributed by atoms with E-state index in [1.807, 2.05) is 25.8 Å². The van der Waals surface area contributed by atoms with Crippen LogP contribution in [0.2, 0.25) is 0 Å². The first-order valence-electron chi connectivity index (χ1n) is 6.47. The van der Waals surface area contributed by atoms with Gasteiger partial charge in [-0.25, -0.2) is 0 Å². The van der Waals surface area contributed by atoms with Crippen LogP contribution in [0, 0.1) is 19.8 Å². The largest absolute Gasteiger partial charge is 0.335 e. The molecule has 2 N–H and O–H groups in total. The molecule has 1 aromatic heterocycles. The molecule has 2 unspecified atom stereocenters. The van der Waals surface area contributed by atoms with Gasteiger partial charge in [-0.15, -0.1) is 12.4 Å². The van der Waals surface area contributed by atoms with Crippen molar-refractivity contribution in [3.63, 3.8) is 0 Å². The van der Waals surface area contributed by atoms with Crippen molar-refractivity contribution in [3.8, 4) is 0 Å². The lowest BCUT2D eigenvalue weighted by Crippen LogP contribution is -2.35. The summed E-state index contributed by atoms with van der Waals surface area (Å²) in [6.45, 7) is 7.34. The maximum Gasteiger partial charge on any atom is 0.257 e. The summed E-state index contributed by atoms with van der Waals surface area (Å²) in [6, 6.07) is 0.269. The molecule has 1 fully saturated rings. The molecule has 2 atom stereocenters. The number of nitrogens with two attached hydrogens (primary N) is 1. The van der Waals surface area contributed by atoms with E-state index in [4.69, 9.17) is 5.73 Å². The van der Waals surface area contributed by atoms with E-state index in [1.54, 1.807) is 4.68 Å². The van der Waals surface area contributed by atoms with E-state index in [1.165, 1.54) is 0 Å². The normalized spacial score (nSPS) is 22.5. The van der Waals surface area contributed by atoms with Crippen molar-refractivity contribution >= 4 is 18.3 Å². The highest BCUT2D eigenvalue weighted by Gasteiger charge is 2.34. The molecule has 0 spiro atoms. The molecule has 0 radical (unpaired) electrons. The molecule has 5 nitrogen and oxygen atoms in total. The van der Waals surface area contributed by atoms with Crippen LogP contribution in [-0.2, 0) is 7.05 Å². The lowest BCUT2D eigenvalue weighted by Gasteiger charge is -2.21. The Kier molecular flexibility index (Phi) is 4.98. The highest BCUT2D eigenvalue weighted by atomic mass is 35.5. The molecule has 0 aromatic carbocycles. The highest BCUT2D eigenvalue weighted by molar-refractivity contribution is 5.96. The first-order valence-corrected chi connectivity index (χ1v) is 6.47. The van der Waals surface area contributed by atoms with Gasteiger partial charge in [0.2, 0.25) is 0 Å². The number of hydrogen-bond donors (Lipinski definition) is 1. The number of rotatable bonds is 2. The third-order valence-corrected chi connectivity index (χ3v) is 3.98. The molecule has 2 rings (SSSR count). The number of carbonyl (C=O) groups is 1. The SMILES string of the molecule is Cc1nn(C)c(C)c1C(=O)N1CC(CN)CC1C.Cl. The molecule has 1 aromatic rings. The van der Waals surface area contributed by atoms with Gasteiger partial charge in [-0.2, -0.15) is 5.10 Å². The Hall–Kier alpha value is -1.07. The molecule has 1 aliphatic heterocycles. The van der Waals surface area contributed by atoms with Crippen LogP contribution in [0.3, 0.4) is 0 Å². The molecule has 2 heterocycles. The van der Waals surface area contributed by atoms with Gasteiger partial charge >= 0.3 is 0 Å². The second kappa shape index (κ2) is 5.92. The van der Waals surface area contributed by atoms with Crippen LogP contribution in [0.25, 0.3) is 0 Å². The molecule has 0 saturated carbocycles. The number of carbonyl (C=O) groups excluding carboxylic acids is 1. The zero-order valence-corrected chi connectivity index (χ0v) is 12.8. The zero-order chi connectivity index (χ0) is 13.4. The molecule has 0 aliphatic carbocycles. The van der Waals surface area contributed by atoms with Crippen molar-refractivity contribution in [2.45, 2.75) is 33.2 Å². The Morgan fingerprint density at radius 3 is 2.53 bits per heavy atom. The average Bonchev–Trinajstić information content (AvgIpc) is 2.80. The summed E-state index contributed by atoms with van der Waals surface area (Å²) in [6.07, 6.45) is 1.00. The molecule has 19 heavy (non-hydrogen) atoms. The Bertz CT molecular complexity index is 471. The first kappa shape index (κ1) is 16.0. The fourth-order valence-corrected chi connectivity index (χ4v) is 2.82. The molecular weight excluding hydrogens is 264 g/mol. The predicted octanol–water partition coefficient (Wildman–Crippen LogP) is 1.27. The van der Waals surface area contributed by atoms with Crippen LogP contribution in [0.15, 0.2) is 0 Å². The van der Waals surface area contributed by atoms with Crippen molar-refractivity contribution in [2.75, 3.05) is 13.1 Å². The fraction of sp³-hybridized carbons (Fsp3) is 0.692. The standard InChI is InChI=1S/C13H22N4O.ClH/c1-8-5-11(6-14)7-17(8)13(18)12-9(2)15-16(4)10(12)3;/h8,11H,5-7,14H2,1-4H3;1H. The summed E-state index contributed by atoms with van der Waals surface area (Å²) in [5.41, 5.74) is 8.20. The van der Waals surface area contributed by atoms with Crippen LogP contribution in [-0.4, -0.2) is 39.7 Å². The average molecular weight is 287 g/mol. The van der Waals surface area contributed by atoms with Gasteiger partial charge in [0.05, 0.1) is 11.3 Å². The van der Waals surface area contributed by atoms with Crippen LogP contribution >= 0.6 is 12.4 Å². The number of aromatic nitrogens is 2. The summed E-state index contributed by atoms with van der Waals surface area (Å²) in [5.74, 6) is 0.530. The molecule has 1 amide bonds. The van der Waals surface area contributed by atoms with E-state index >= 15 is 0 Å². The summed E-state index contributed by atoms with van der Waals surface area (Å²) < 4.78 is 1.77. The summed E-state index contributed by atoms with van der Waals surface area (Å²) in [4.78, 5) is 14.5. The minimum atomic E-state index is 0. The number of halogens is 1. The summed E-state index contributed by atoms with van der Waals surface area (Å²) in [5, 5.41) is 4.31. The van der Waals surface area contributed by atoms with Crippen molar-refractivity contribution in [1.29, 1.82) is 0 Å². The molecular formula is C13H23ClN4O. The van der Waals surface area contributed by atoms with Gasteiger partial charge in [-0.1, -0.05) is 0 Å². The van der Waals surface area contributed by atoms with E-state index < -0.39 is 0 Å². The number of nitrogens with zero attached hydrogens (tertiary/aromatic N) is 3. The van der Waals surface area contributed by atoms with Crippen LogP contribution in [0.5, 0.6) is 0 Å². The van der Waals surface area contributed by atoms with Crippen LogP contribution < -0.4 is 5.73 Å². The zero-order valence-electron chi connectivity index (χ0n) is 12.0. The lowest BCUT2D eigenvalue weighted by molar-refractivity contribution is 0.0742. The molecule has 6 heteroatoms. The number of likely N-dealkylation sites (tertiary alicyclic amines) is 1. The van der Waals surface area contributed by atoms with Gasteiger partial charge in [-0.05, 0) is 39.7 Å². The van der Waals surface area contributed by atoms with Crippen molar-refractivity contribution < 1.29 is 4.79 Å². The maximum absolute atomic E-state index is 12.6. The Morgan fingerprint density at radius 2 is 2.11 bits per heavy atom. The van der Waals surface area contributed by atoms with Crippen molar-refractivity contribution in [2.24, 2.45) is 18.7 Å². The second-order valence-corrected chi connectivity index (χ2v) is 5.31. The monoisotopic (exact) mass is 286 g/mol. The fourth-order valence-electron chi connectivity index (χ4n) is 2.82. The Labute approximate surface area is 120 Å². The van der Waals surface area contributed by atoms with Crippen LogP contribution in [0.4, 0.5) is 0 Å². The minimum Gasteiger partial charge on any atom is -0.335 e. The van der Waals surface area contributed by atoms with Gasteiger partial charge in [0, 0.05) is 25.3 Å². The van der Waals surface area contributed by atoms with E-state index in [9.17, 15) is 4.79 Å². The van der Waals surface area contributed by atoms with Gasteiger partial charge in [0.15, 0.2) is 0 Å². The second-order valence-electron chi connectivity index (χ2n) is 5.31. The van der Waals surface area contributed by atoms with Crippen molar-refractivity contribution in [1.82, 2.24) is 14.7 Å². The van der Waals surface area contributed by atoms with Gasteiger partial charge < -0.3 is 10.6 Å². The summed E-state index contributed by atoms with van der Waals surface area (Å²) >= 11 is 0. The van der Waals surface area contributed by atoms with E-state index in [0.717, 1.165) is 29.9 Å². The predicted molar refractivity (Wildman–Crippen MR) is 77.6 cm³/mol. The first-order chi connectivity index (χ1) is 8.45. The van der Waals surface area contributed by atoms with Crippen molar-refractivity contribution in [3.05, 3.63) is 17.0 Å². The lowest BCUT2D eigenvalue weighted by atomic mass is 10.1. The summed E-state index contributed by atoms with van der Waals surface area (Å²) in [7, 11) is 1.87. The van der Waals surface area contributed by atoms with E-state index in [0.29, 0.717) is 12.5 Å². The number of hydrogen-bond acceptors (Lipinski definition) is 3. The third kappa shape index (κ3) is 2.77. The smallest absolute Gasteiger partial charge is 0.257 e. The van der Waals surface area contributed by atoms with Gasteiger partial charge in [-0.3, -0.25) is 9.48 Å². The Balaban J connectivity index is 0.00000180. The molecule has 108 valence electrons. The van der Waals surface area contributed by atoms with E-state index in [-0.39, 0.29) is 24.4 Å². The number of amides is 1. The molecule has 1 aliphatic rings. The van der Waals surface area contributed by atoms with E-state index in [2.05, 4.69) is 12.0 Å². The molecule has 0 bridgehead atoms. The van der Waals surface area contributed by atoms with Gasteiger partial charge in [0.25, 0.3) is 5.91 Å². The van der Waals surface area contributed by atoms with Crippen LogP contribution in [0.1, 0.15) is 35.1 Å². The Morgan fingerprint density at radius 1 is 1.47 bits per heavy atom. The minimum absolute atomic E-state index is 0.